The van der Waals surface area contributed by atoms with E-state index in [1.807, 2.05) is 0 Å². The second kappa shape index (κ2) is 6.49. The summed E-state index contributed by atoms with van der Waals surface area (Å²) in [6.45, 7) is -0.0912. The highest BCUT2D eigenvalue weighted by atomic mass is 16.4. The summed E-state index contributed by atoms with van der Waals surface area (Å²) in [6, 6.07) is 6.70. The summed E-state index contributed by atoms with van der Waals surface area (Å²) in [5, 5.41) is 21.4. The lowest BCUT2D eigenvalue weighted by atomic mass is 10.2. The van der Waals surface area contributed by atoms with E-state index in [1.165, 1.54) is 10.9 Å². The molecule has 1 aromatic carbocycles. The molecule has 0 spiro atoms. The normalized spacial score (nSPS) is 13.3. The largest absolute Gasteiger partial charge is 0.476 e. The lowest BCUT2D eigenvalue weighted by molar-refractivity contribution is -0.125. The van der Waals surface area contributed by atoms with Gasteiger partial charge in [0, 0.05) is 11.6 Å². The maximum absolute atomic E-state index is 11.9. The van der Waals surface area contributed by atoms with Gasteiger partial charge in [-0.05, 0) is 31.0 Å². The molecule has 0 unspecified atom stereocenters. The van der Waals surface area contributed by atoms with Crippen LogP contribution in [0.15, 0.2) is 30.5 Å². The molecule has 1 heterocycles. The van der Waals surface area contributed by atoms with Gasteiger partial charge in [-0.25, -0.2) is 9.48 Å². The molecule has 0 atom stereocenters. The van der Waals surface area contributed by atoms with Crippen LogP contribution in [-0.4, -0.2) is 44.4 Å². The van der Waals surface area contributed by atoms with Crippen molar-refractivity contribution in [1.82, 2.24) is 20.3 Å². The van der Waals surface area contributed by atoms with Gasteiger partial charge in [0.15, 0.2) is 5.69 Å². The lowest BCUT2D eigenvalue weighted by Crippen LogP contribution is -2.33. The van der Waals surface area contributed by atoms with Crippen molar-refractivity contribution in [1.29, 1.82) is 0 Å². The maximum Gasteiger partial charge on any atom is 0.358 e. The zero-order valence-corrected chi connectivity index (χ0v) is 12.6. The van der Waals surface area contributed by atoms with E-state index in [1.54, 1.807) is 24.3 Å². The topological polar surface area (TPSA) is 126 Å². The highest BCUT2D eigenvalue weighted by Crippen LogP contribution is 2.28. The van der Waals surface area contributed by atoms with Crippen molar-refractivity contribution in [2.24, 2.45) is 5.92 Å². The van der Waals surface area contributed by atoms with Gasteiger partial charge in [-0.15, -0.1) is 5.10 Å². The van der Waals surface area contributed by atoms with Gasteiger partial charge in [0.25, 0.3) is 0 Å². The van der Waals surface area contributed by atoms with Crippen LogP contribution < -0.4 is 10.6 Å². The summed E-state index contributed by atoms with van der Waals surface area (Å²) >= 11 is 0. The van der Waals surface area contributed by atoms with E-state index in [2.05, 4.69) is 20.9 Å². The van der Waals surface area contributed by atoms with Gasteiger partial charge in [0.05, 0.1) is 18.4 Å². The summed E-state index contributed by atoms with van der Waals surface area (Å²) in [6.07, 6.45) is 3.04. The number of hydrogen-bond donors (Lipinski definition) is 3. The Bertz CT molecular complexity index is 797. The molecule has 0 aliphatic heterocycles. The number of carboxylic acids is 1. The molecule has 124 valence electrons. The summed E-state index contributed by atoms with van der Waals surface area (Å²) in [4.78, 5) is 34.2. The molecule has 3 N–H and O–H groups in total. The fourth-order valence-corrected chi connectivity index (χ4v) is 2.08. The SMILES string of the molecule is O=C(CNC(=O)C1CC1)Nc1cccc(-n2cc(C(=O)O)nn2)c1. The van der Waals surface area contributed by atoms with Crippen LogP contribution in [0.5, 0.6) is 0 Å². The van der Waals surface area contributed by atoms with Crippen LogP contribution in [0.1, 0.15) is 23.3 Å². The van der Waals surface area contributed by atoms with Crippen molar-refractivity contribution in [3.8, 4) is 5.69 Å². The van der Waals surface area contributed by atoms with Crippen LogP contribution in [0.3, 0.4) is 0 Å². The molecule has 0 saturated heterocycles. The molecular weight excluding hydrogens is 314 g/mol. The van der Waals surface area contributed by atoms with Crippen LogP contribution in [0.2, 0.25) is 0 Å². The number of benzene rings is 1. The highest BCUT2D eigenvalue weighted by molar-refractivity contribution is 5.95. The van der Waals surface area contributed by atoms with Crippen molar-refractivity contribution in [2.75, 3.05) is 11.9 Å². The Balaban J connectivity index is 1.62. The van der Waals surface area contributed by atoms with E-state index in [0.717, 1.165) is 12.8 Å². The number of nitrogens with zero attached hydrogens (tertiary/aromatic N) is 3. The lowest BCUT2D eigenvalue weighted by Gasteiger charge is -2.08. The molecule has 0 radical (unpaired) electrons. The van der Waals surface area contributed by atoms with Gasteiger partial charge in [-0.3, -0.25) is 9.59 Å². The number of aromatic carboxylic acids is 1. The number of carbonyl (C=O) groups is 3. The van der Waals surface area contributed by atoms with Gasteiger partial charge < -0.3 is 15.7 Å². The minimum Gasteiger partial charge on any atom is -0.476 e. The van der Waals surface area contributed by atoms with Crippen LogP contribution in [-0.2, 0) is 9.59 Å². The molecule has 1 aromatic heterocycles. The van der Waals surface area contributed by atoms with Crippen molar-refractivity contribution in [3.05, 3.63) is 36.2 Å². The Morgan fingerprint density at radius 1 is 1.29 bits per heavy atom. The van der Waals surface area contributed by atoms with Crippen molar-refractivity contribution in [2.45, 2.75) is 12.8 Å². The molecule has 3 rings (SSSR count). The molecule has 1 fully saturated rings. The monoisotopic (exact) mass is 329 g/mol. The first-order valence-corrected chi connectivity index (χ1v) is 7.36. The van der Waals surface area contributed by atoms with E-state index >= 15 is 0 Å². The van der Waals surface area contributed by atoms with E-state index in [0.29, 0.717) is 11.4 Å². The molecule has 1 aliphatic rings. The van der Waals surface area contributed by atoms with Crippen molar-refractivity contribution >= 4 is 23.5 Å². The first-order chi connectivity index (χ1) is 11.5. The number of carbonyl (C=O) groups excluding carboxylic acids is 2. The van der Waals surface area contributed by atoms with Crippen LogP contribution >= 0.6 is 0 Å². The zero-order valence-electron chi connectivity index (χ0n) is 12.6. The Morgan fingerprint density at radius 3 is 2.75 bits per heavy atom. The molecule has 24 heavy (non-hydrogen) atoms. The van der Waals surface area contributed by atoms with E-state index in [9.17, 15) is 14.4 Å². The number of amides is 2. The Kier molecular flexibility index (Phi) is 4.23. The third kappa shape index (κ3) is 3.75. The van der Waals surface area contributed by atoms with Crippen LogP contribution in [0, 0.1) is 5.92 Å². The third-order valence-corrected chi connectivity index (χ3v) is 3.48. The van der Waals surface area contributed by atoms with Gasteiger partial charge in [-0.1, -0.05) is 11.3 Å². The van der Waals surface area contributed by atoms with Gasteiger partial charge in [-0.2, -0.15) is 0 Å². The smallest absolute Gasteiger partial charge is 0.358 e. The molecule has 9 heteroatoms. The number of aromatic nitrogens is 3. The Labute approximate surface area is 136 Å². The minimum absolute atomic E-state index is 0.0527. The number of nitrogens with one attached hydrogen (secondary N) is 2. The zero-order chi connectivity index (χ0) is 17.1. The summed E-state index contributed by atoms with van der Waals surface area (Å²) in [5.41, 5.74) is 0.882. The number of anilines is 1. The van der Waals surface area contributed by atoms with Crippen molar-refractivity contribution < 1.29 is 19.5 Å². The first-order valence-electron chi connectivity index (χ1n) is 7.36. The predicted molar refractivity (Wildman–Crippen MR) is 82.7 cm³/mol. The predicted octanol–water partition coefficient (Wildman–Crippen LogP) is 0.430. The molecule has 9 nitrogen and oxygen atoms in total. The van der Waals surface area contributed by atoms with Crippen LogP contribution in [0.25, 0.3) is 5.69 Å². The number of carboxylic acid groups (broad SMARTS) is 1. The highest BCUT2D eigenvalue weighted by Gasteiger charge is 2.29. The fraction of sp³-hybridized carbons (Fsp3) is 0.267. The molecule has 2 aromatic rings. The second-order valence-corrected chi connectivity index (χ2v) is 5.44. The average molecular weight is 329 g/mol. The Hall–Kier alpha value is -3.23. The second-order valence-electron chi connectivity index (χ2n) is 5.44. The maximum atomic E-state index is 11.9. The number of rotatable bonds is 6. The third-order valence-electron chi connectivity index (χ3n) is 3.48. The van der Waals surface area contributed by atoms with E-state index in [-0.39, 0.29) is 30.0 Å². The van der Waals surface area contributed by atoms with Gasteiger partial charge >= 0.3 is 5.97 Å². The quantitative estimate of drug-likeness (QED) is 0.705. The molecule has 2 amide bonds. The minimum atomic E-state index is -1.17. The van der Waals surface area contributed by atoms with Crippen LogP contribution in [0.4, 0.5) is 5.69 Å². The van der Waals surface area contributed by atoms with Gasteiger partial charge in [0.2, 0.25) is 11.8 Å². The van der Waals surface area contributed by atoms with Crippen molar-refractivity contribution in [3.63, 3.8) is 0 Å². The number of hydrogen-bond acceptors (Lipinski definition) is 5. The summed E-state index contributed by atoms with van der Waals surface area (Å²) in [5.74, 6) is -1.55. The summed E-state index contributed by atoms with van der Waals surface area (Å²) < 4.78 is 1.30. The molecule has 1 saturated carbocycles. The standard InChI is InChI=1S/C15H15N5O4/c21-13(7-16-14(22)9-4-5-9)17-10-2-1-3-11(6-10)20-8-12(15(23)24)18-19-20/h1-3,6,8-9H,4-5,7H2,(H,16,22)(H,17,21)(H,23,24). The summed E-state index contributed by atoms with van der Waals surface area (Å²) in [7, 11) is 0. The van der Waals surface area contributed by atoms with E-state index < -0.39 is 5.97 Å². The molecule has 1 aliphatic carbocycles. The molecular formula is C15H15N5O4. The Morgan fingerprint density at radius 2 is 2.08 bits per heavy atom. The van der Waals surface area contributed by atoms with Gasteiger partial charge in [0.1, 0.15) is 0 Å². The fourth-order valence-electron chi connectivity index (χ4n) is 2.08. The first kappa shape index (κ1) is 15.7. The van der Waals surface area contributed by atoms with E-state index in [4.69, 9.17) is 5.11 Å². The average Bonchev–Trinajstić information content (AvgIpc) is 3.29. The molecule has 0 bridgehead atoms.